The van der Waals surface area contributed by atoms with Crippen LogP contribution >= 0.6 is 0 Å². The van der Waals surface area contributed by atoms with E-state index in [2.05, 4.69) is 15.2 Å². The molecule has 8 nitrogen and oxygen atoms in total. The molecule has 0 aliphatic rings. The predicted molar refractivity (Wildman–Crippen MR) is 141 cm³/mol. The van der Waals surface area contributed by atoms with Crippen molar-refractivity contribution >= 4 is 33.8 Å². The number of hydrazone groups is 1. The Morgan fingerprint density at radius 3 is 2.19 bits per heavy atom. The summed E-state index contributed by atoms with van der Waals surface area (Å²) in [6.07, 6.45) is 1.45. The van der Waals surface area contributed by atoms with Crippen LogP contribution in [0.25, 0.3) is 0 Å². The number of anilines is 1. The van der Waals surface area contributed by atoms with Crippen LogP contribution in [-0.2, 0) is 10.0 Å². The zero-order valence-corrected chi connectivity index (χ0v) is 20.6. The zero-order valence-electron chi connectivity index (χ0n) is 19.8. The molecule has 0 unspecified atom stereocenters. The smallest absolute Gasteiger partial charge is 0.343 e. The predicted octanol–water partition coefficient (Wildman–Crippen LogP) is 4.78. The lowest BCUT2D eigenvalue weighted by atomic mass is 10.1. The highest BCUT2D eigenvalue weighted by Crippen LogP contribution is 2.17. The van der Waals surface area contributed by atoms with Gasteiger partial charge in [0.25, 0.3) is 15.9 Å². The molecule has 0 radical (unpaired) electrons. The van der Waals surface area contributed by atoms with Crippen molar-refractivity contribution in [2.45, 2.75) is 11.8 Å². The van der Waals surface area contributed by atoms with Gasteiger partial charge in [0.1, 0.15) is 5.75 Å². The van der Waals surface area contributed by atoms with Crippen LogP contribution in [0, 0.1) is 6.92 Å². The first-order valence-corrected chi connectivity index (χ1v) is 12.7. The Bertz CT molecular complexity index is 1530. The Morgan fingerprint density at radius 2 is 1.51 bits per heavy atom. The number of carbonyl (C=O) groups excluding carboxylic acids is 2. The number of rotatable bonds is 8. The largest absolute Gasteiger partial charge is 0.423 e. The van der Waals surface area contributed by atoms with Gasteiger partial charge in [-0.15, -0.1) is 0 Å². The van der Waals surface area contributed by atoms with Crippen molar-refractivity contribution in [1.82, 2.24) is 5.43 Å². The Morgan fingerprint density at radius 1 is 0.811 bits per heavy atom. The fourth-order valence-electron chi connectivity index (χ4n) is 3.29. The summed E-state index contributed by atoms with van der Waals surface area (Å²) in [5, 5.41) is 3.94. The summed E-state index contributed by atoms with van der Waals surface area (Å²) in [4.78, 5) is 24.8. The minimum absolute atomic E-state index is 0.142. The first kappa shape index (κ1) is 25.3. The van der Waals surface area contributed by atoms with Gasteiger partial charge in [-0.25, -0.2) is 18.6 Å². The van der Waals surface area contributed by atoms with Gasteiger partial charge in [0.15, 0.2) is 0 Å². The van der Waals surface area contributed by atoms with E-state index in [9.17, 15) is 18.0 Å². The standard InChI is InChI=1S/C28H23N3O5S/c1-20-6-5-7-23(18-20)28(33)36-25-16-10-21(11-17-25)19-29-30-27(32)22-12-14-24(15-13-22)31-37(34,35)26-8-3-2-4-9-26/h2-19,31H,1H3,(H,30,32). The van der Waals surface area contributed by atoms with E-state index in [1.54, 1.807) is 60.7 Å². The van der Waals surface area contributed by atoms with Gasteiger partial charge < -0.3 is 4.74 Å². The van der Waals surface area contributed by atoms with Gasteiger partial charge in [-0.3, -0.25) is 9.52 Å². The number of hydrogen-bond donors (Lipinski definition) is 2. The number of amides is 1. The normalized spacial score (nSPS) is 11.2. The molecule has 4 aromatic rings. The van der Waals surface area contributed by atoms with E-state index >= 15 is 0 Å². The van der Waals surface area contributed by atoms with Crippen LogP contribution in [-0.4, -0.2) is 26.5 Å². The van der Waals surface area contributed by atoms with E-state index in [1.165, 1.54) is 42.6 Å². The van der Waals surface area contributed by atoms with E-state index in [0.29, 0.717) is 28.1 Å². The van der Waals surface area contributed by atoms with E-state index in [-0.39, 0.29) is 4.90 Å². The average Bonchev–Trinajstić information content (AvgIpc) is 2.90. The van der Waals surface area contributed by atoms with Crippen LogP contribution in [0.15, 0.2) is 113 Å². The molecule has 0 fully saturated rings. The SMILES string of the molecule is Cc1cccc(C(=O)Oc2ccc(C=NNC(=O)c3ccc(NS(=O)(=O)c4ccccc4)cc3)cc2)c1. The van der Waals surface area contributed by atoms with Crippen LogP contribution in [0.5, 0.6) is 5.75 Å². The van der Waals surface area contributed by atoms with E-state index in [0.717, 1.165) is 5.56 Å². The van der Waals surface area contributed by atoms with Crippen molar-refractivity contribution in [3.63, 3.8) is 0 Å². The number of benzene rings is 4. The monoisotopic (exact) mass is 513 g/mol. The number of nitrogens with one attached hydrogen (secondary N) is 2. The van der Waals surface area contributed by atoms with Crippen molar-refractivity contribution < 1.29 is 22.7 Å². The number of aryl methyl sites for hydroxylation is 1. The minimum Gasteiger partial charge on any atom is -0.423 e. The molecule has 0 saturated carbocycles. The van der Waals surface area contributed by atoms with Gasteiger partial charge in [-0.05, 0) is 85.3 Å². The number of nitrogens with zero attached hydrogens (tertiary/aromatic N) is 1. The lowest BCUT2D eigenvalue weighted by Crippen LogP contribution is -2.18. The van der Waals surface area contributed by atoms with Crippen molar-refractivity contribution in [3.05, 3.63) is 125 Å². The molecule has 37 heavy (non-hydrogen) atoms. The molecular weight excluding hydrogens is 490 g/mol. The van der Waals surface area contributed by atoms with Crippen molar-refractivity contribution in [3.8, 4) is 5.75 Å². The van der Waals surface area contributed by atoms with Crippen molar-refractivity contribution in [1.29, 1.82) is 0 Å². The molecule has 0 aromatic heterocycles. The van der Waals surface area contributed by atoms with Gasteiger partial charge >= 0.3 is 5.97 Å². The van der Waals surface area contributed by atoms with Gasteiger partial charge in [-0.2, -0.15) is 5.10 Å². The number of carbonyl (C=O) groups is 2. The van der Waals surface area contributed by atoms with Crippen LogP contribution in [0.2, 0.25) is 0 Å². The number of hydrogen-bond acceptors (Lipinski definition) is 6. The molecule has 4 rings (SSSR count). The van der Waals surface area contributed by atoms with Crippen LogP contribution in [0.3, 0.4) is 0 Å². The summed E-state index contributed by atoms with van der Waals surface area (Å²) in [6.45, 7) is 1.90. The molecule has 9 heteroatoms. The maximum Gasteiger partial charge on any atom is 0.343 e. The topological polar surface area (TPSA) is 114 Å². The van der Waals surface area contributed by atoms with Gasteiger partial charge in [0.2, 0.25) is 0 Å². The summed E-state index contributed by atoms with van der Waals surface area (Å²) >= 11 is 0. The molecule has 2 N–H and O–H groups in total. The Hall–Kier alpha value is -4.76. The lowest BCUT2D eigenvalue weighted by molar-refractivity contribution is 0.0734. The average molecular weight is 514 g/mol. The molecule has 0 bridgehead atoms. The maximum absolute atomic E-state index is 12.4. The molecule has 0 saturated heterocycles. The van der Waals surface area contributed by atoms with Crippen molar-refractivity contribution in [2.24, 2.45) is 5.10 Å². The Labute approximate surface area is 214 Å². The summed E-state index contributed by atoms with van der Waals surface area (Å²) in [6, 6.07) is 27.8. The molecular formula is C28H23N3O5S. The van der Waals surface area contributed by atoms with Gasteiger partial charge in [0, 0.05) is 11.3 Å². The number of esters is 1. The number of sulfonamides is 1. The highest BCUT2D eigenvalue weighted by atomic mass is 32.2. The molecule has 0 spiro atoms. The molecule has 0 heterocycles. The fourth-order valence-corrected chi connectivity index (χ4v) is 4.37. The van der Waals surface area contributed by atoms with Gasteiger partial charge in [-0.1, -0.05) is 35.9 Å². The first-order valence-electron chi connectivity index (χ1n) is 11.2. The number of ether oxygens (including phenoxy) is 1. The third-order valence-electron chi connectivity index (χ3n) is 5.18. The van der Waals surface area contributed by atoms with Crippen LogP contribution in [0.4, 0.5) is 5.69 Å². The van der Waals surface area contributed by atoms with Crippen LogP contribution < -0.4 is 14.9 Å². The highest BCUT2D eigenvalue weighted by Gasteiger charge is 2.14. The second-order valence-corrected chi connectivity index (χ2v) is 9.71. The zero-order chi connectivity index (χ0) is 26.3. The molecule has 0 aliphatic carbocycles. The second-order valence-electron chi connectivity index (χ2n) is 8.02. The third-order valence-corrected chi connectivity index (χ3v) is 6.57. The lowest BCUT2D eigenvalue weighted by Gasteiger charge is -2.08. The first-order chi connectivity index (χ1) is 17.8. The van der Waals surface area contributed by atoms with Crippen molar-refractivity contribution in [2.75, 3.05) is 4.72 Å². The third kappa shape index (κ3) is 6.89. The minimum atomic E-state index is -3.72. The summed E-state index contributed by atoms with van der Waals surface area (Å²) in [5.41, 5.74) is 5.16. The second kappa shape index (κ2) is 11.3. The maximum atomic E-state index is 12.4. The summed E-state index contributed by atoms with van der Waals surface area (Å²) < 4.78 is 32.7. The molecule has 186 valence electrons. The van der Waals surface area contributed by atoms with Gasteiger partial charge in [0.05, 0.1) is 16.7 Å². The van der Waals surface area contributed by atoms with Crippen LogP contribution in [0.1, 0.15) is 31.8 Å². The molecule has 0 atom stereocenters. The fraction of sp³-hybridized carbons (Fsp3) is 0.0357. The molecule has 4 aromatic carbocycles. The quantitative estimate of drug-likeness (QED) is 0.152. The van der Waals surface area contributed by atoms with E-state index < -0.39 is 21.9 Å². The summed E-state index contributed by atoms with van der Waals surface area (Å²) in [5.74, 6) is -0.524. The Balaban J connectivity index is 1.30. The van der Waals surface area contributed by atoms with E-state index in [1.807, 2.05) is 13.0 Å². The summed E-state index contributed by atoms with van der Waals surface area (Å²) in [7, 11) is -3.72. The molecule has 1 amide bonds. The van der Waals surface area contributed by atoms with E-state index in [4.69, 9.17) is 4.74 Å². The molecule has 0 aliphatic heterocycles. The Kier molecular flexibility index (Phi) is 7.75. The highest BCUT2D eigenvalue weighted by molar-refractivity contribution is 7.92.